The van der Waals surface area contributed by atoms with Crippen molar-refractivity contribution in [2.45, 2.75) is 33.2 Å². The SMILES string of the molecule is CNC(=O)c1c(-c2ccc(F)cc2)oc2c1cc(-c1cccc(C(=O)NC(C)(C)C)c1)c1[nH]cc(C)c12. The van der Waals surface area contributed by atoms with Gasteiger partial charge in [-0.15, -0.1) is 0 Å². The van der Waals surface area contributed by atoms with E-state index in [0.717, 1.165) is 27.6 Å². The number of nitrogens with one attached hydrogen (secondary N) is 3. The molecule has 0 aliphatic rings. The van der Waals surface area contributed by atoms with Gasteiger partial charge < -0.3 is 20.0 Å². The number of carbonyl (C=O) groups is 2. The molecule has 0 radical (unpaired) electrons. The second-order valence-electron chi connectivity index (χ2n) is 10.2. The molecule has 2 amide bonds. The van der Waals surface area contributed by atoms with E-state index in [1.54, 1.807) is 25.2 Å². The summed E-state index contributed by atoms with van der Waals surface area (Å²) in [6, 6.07) is 15.2. The third-order valence-corrected chi connectivity index (χ3v) is 6.29. The number of hydrogen-bond acceptors (Lipinski definition) is 3. The van der Waals surface area contributed by atoms with Crippen molar-refractivity contribution in [2.75, 3.05) is 7.05 Å². The molecule has 6 nitrogen and oxygen atoms in total. The first-order valence-electron chi connectivity index (χ1n) is 12.1. The van der Waals surface area contributed by atoms with Crippen LogP contribution in [0, 0.1) is 12.7 Å². The second kappa shape index (κ2) is 8.92. The number of aromatic amines is 1. The number of hydrogen-bond donors (Lipinski definition) is 3. The number of benzene rings is 3. The fraction of sp³-hybridized carbons (Fsp3) is 0.200. The molecule has 0 atom stereocenters. The van der Waals surface area contributed by atoms with Crippen LogP contribution in [-0.2, 0) is 0 Å². The third kappa shape index (κ3) is 4.37. The largest absolute Gasteiger partial charge is 0.454 e. The maximum Gasteiger partial charge on any atom is 0.255 e. The molecule has 2 heterocycles. The molecule has 188 valence electrons. The van der Waals surface area contributed by atoms with Gasteiger partial charge in [-0.1, -0.05) is 12.1 Å². The number of aromatic nitrogens is 1. The fourth-order valence-corrected chi connectivity index (χ4v) is 4.63. The van der Waals surface area contributed by atoms with Gasteiger partial charge in [0.15, 0.2) is 0 Å². The smallest absolute Gasteiger partial charge is 0.255 e. The van der Waals surface area contributed by atoms with Crippen molar-refractivity contribution < 1.29 is 18.4 Å². The van der Waals surface area contributed by atoms with Gasteiger partial charge in [-0.05, 0) is 81.3 Å². The van der Waals surface area contributed by atoms with Crippen molar-refractivity contribution in [1.82, 2.24) is 15.6 Å². The molecule has 2 aromatic heterocycles. The summed E-state index contributed by atoms with van der Waals surface area (Å²) in [6.45, 7) is 7.78. The summed E-state index contributed by atoms with van der Waals surface area (Å²) in [5, 5.41) is 7.19. The highest BCUT2D eigenvalue weighted by molar-refractivity contribution is 6.20. The number of aryl methyl sites for hydroxylation is 1. The van der Waals surface area contributed by atoms with Crippen molar-refractivity contribution >= 4 is 33.7 Å². The molecule has 0 saturated carbocycles. The van der Waals surface area contributed by atoms with Crippen molar-refractivity contribution in [3.8, 4) is 22.5 Å². The lowest BCUT2D eigenvalue weighted by molar-refractivity contribution is 0.0918. The molecule has 3 aromatic carbocycles. The van der Waals surface area contributed by atoms with Gasteiger partial charge in [0, 0.05) is 46.2 Å². The zero-order valence-electron chi connectivity index (χ0n) is 21.4. The molecule has 0 aliphatic heterocycles. The molecule has 3 N–H and O–H groups in total. The van der Waals surface area contributed by atoms with E-state index in [9.17, 15) is 14.0 Å². The van der Waals surface area contributed by atoms with Crippen LogP contribution in [0.1, 0.15) is 47.1 Å². The van der Waals surface area contributed by atoms with Gasteiger partial charge in [0.1, 0.15) is 17.2 Å². The summed E-state index contributed by atoms with van der Waals surface area (Å²) in [5.74, 6) is -0.480. The lowest BCUT2D eigenvalue weighted by Crippen LogP contribution is -2.40. The molecule has 37 heavy (non-hydrogen) atoms. The van der Waals surface area contributed by atoms with E-state index in [4.69, 9.17) is 4.42 Å². The molecule has 0 unspecified atom stereocenters. The van der Waals surface area contributed by atoms with E-state index in [1.165, 1.54) is 12.1 Å². The highest BCUT2D eigenvalue weighted by Gasteiger charge is 2.26. The lowest BCUT2D eigenvalue weighted by Gasteiger charge is -2.20. The topological polar surface area (TPSA) is 87.1 Å². The van der Waals surface area contributed by atoms with Crippen LogP contribution >= 0.6 is 0 Å². The lowest BCUT2D eigenvalue weighted by atomic mass is 9.95. The van der Waals surface area contributed by atoms with E-state index in [-0.39, 0.29) is 23.2 Å². The van der Waals surface area contributed by atoms with E-state index in [1.807, 2.05) is 58.2 Å². The predicted octanol–water partition coefficient (Wildman–Crippen LogP) is 6.58. The molecule has 0 aliphatic carbocycles. The van der Waals surface area contributed by atoms with Crippen LogP contribution in [0.4, 0.5) is 4.39 Å². The monoisotopic (exact) mass is 497 g/mol. The molecule has 5 aromatic rings. The number of carbonyl (C=O) groups excluding carboxylic acids is 2. The number of amides is 2. The number of furan rings is 1. The van der Waals surface area contributed by atoms with Crippen LogP contribution in [0.15, 0.2) is 65.2 Å². The van der Waals surface area contributed by atoms with Gasteiger partial charge in [0.2, 0.25) is 0 Å². The Bertz CT molecular complexity index is 1670. The van der Waals surface area contributed by atoms with E-state index in [2.05, 4.69) is 15.6 Å². The summed E-state index contributed by atoms with van der Waals surface area (Å²) in [5.41, 5.74) is 5.14. The number of fused-ring (bicyclic) bond motifs is 3. The average molecular weight is 498 g/mol. The summed E-state index contributed by atoms with van der Waals surface area (Å²) in [6.07, 6.45) is 1.89. The van der Waals surface area contributed by atoms with Gasteiger partial charge in [-0.2, -0.15) is 0 Å². The Balaban J connectivity index is 1.78. The van der Waals surface area contributed by atoms with Crippen molar-refractivity contribution in [2.24, 2.45) is 0 Å². The average Bonchev–Trinajstić information content (AvgIpc) is 3.43. The summed E-state index contributed by atoms with van der Waals surface area (Å²) < 4.78 is 20.0. The van der Waals surface area contributed by atoms with Crippen LogP contribution in [0.2, 0.25) is 0 Å². The second-order valence-corrected chi connectivity index (χ2v) is 10.2. The highest BCUT2D eigenvalue weighted by atomic mass is 19.1. The predicted molar refractivity (Wildman–Crippen MR) is 144 cm³/mol. The van der Waals surface area contributed by atoms with Crippen molar-refractivity contribution in [1.29, 1.82) is 0 Å². The summed E-state index contributed by atoms with van der Waals surface area (Å²) >= 11 is 0. The van der Waals surface area contributed by atoms with E-state index >= 15 is 0 Å². The molecular formula is C30H28FN3O3. The third-order valence-electron chi connectivity index (χ3n) is 6.29. The first-order chi connectivity index (χ1) is 17.6. The van der Waals surface area contributed by atoms with Crippen LogP contribution < -0.4 is 10.6 Å². The number of H-pyrrole nitrogens is 1. The van der Waals surface area contributed by atoms with Crippen molar-refractivity contribution in [3.63, 3.8) is 0 Å². The van der Waals surface area contributed by atoms with Crippen LogP contribution in [-0.4, -0.2) is 29.4 Å². The van der Waals surface area contributed by atoms with Crippen LogP contribution in [0.5, 0.6) is 0 Å². The first-order valence-corrected chi connectivity index (χ1v) is 12.1. The Labute approximate surface area is 213 Å². The molecule has 0 fully saturated rings. The zero-order valence-corrected chi connectivity index (χ0v) is 21.4. The maximum absolute atomic E-state index is 13.6. The minimum absolute atomic E-state index is 0.165. The zero-order chi connectivity index (χ0) is 26.5. The minimum atomic E-state index is -0.372. The molecule has 0 bridgehead atoms. The van der Waals surface area contributed by atoms with E-state index < -0.39 is 0 Å². The molecular weight excluding hydrogens is 469 g/mol. The van der Waals surface area contributed by atoms with Gasteiger partial charge in [-0.3, -0.25) is 9.59 Å². The summed E-state index contributed by atoms with van der Waals surface area (Å²) in [7, 11) is 1.56. The number of halogens is 1. The Morgan fingerprint density at radius 3 is 2.38 bits per heavy atom. The van der Waals surface area contributed by atoms with Gasteiger partial charge in [0.05, 0.1) is 11.1 Å². The van der Waals surface area contributed by atoms with Gasteiger partial charge >= 0.3 is 0 Å². The highest BCUT2D eigenvalue weighted by Crippen LogP contribution is 2.42. The van der Waals surface area contributed by atoms with Crippen LogP contribution in [0.3, 0.4) is 0 Å². The Kier molecular flexibility index (Phi) is 5.86. The maximum atomic E-state index is 13.6. The Morgan fingerprint density at radius 1 is 0.973 bits per heavy atom. The van der Waals surface area contributed by atoms with Crippen LogP contribution in [0.25, 0.3) is 44.3 Å². The standard InChI is InChI=1S/C30H28FN3O3/c1-16-15-33-25-21(18-7-6-8-19(13-18)28(35)34-30(2,3)4)14-22-24(29(36)32-5)26(37-27(22)23(16)25)17-9-11-20(31)12-10-17/h6-15,33H,1-5H3,(H,32,36)(H,34,35). The fourth-order valence-electron chi connectivity index (χ4n) is 4.63. The Morgan fingerprint density at radius 2 is 1.70 bits per heavy atom. The molecule has 5 rings (SSSR count). The number of rotatable bonds is 4. The molecule has 0 saturated heterocycles. The first kappa shape index (κ1) is 24.3. The quantitative estimate of drug-likeness (QED) is 0.262. The summed E-state index contributed by atoms with van der Waals surface area (Å²) in [4.78, 5) is 29.3. The molecule has 7 heteroatoms. The van der Waals surface area contributed by atoms with Crippen molar-refractivity contribution in [3.05, 3.63) is 83.3 Å². The van der Waals surface area contributed by atoms with E-state index in [0.29, 0.717) is 33.4 Å². The Hall–Kier alpha value is -4.39. The van der Waals surface area contributed by atoms with Gasteiger partial charge in [-0.25, -0.2) is 4.39 Å². The van der Waals surface area contributed by atoms with Gasteiger partial charge in [0.25, 0.3) is 11.8 Å². The molecule has 0 spiro atoms. The normalized spacial score (nSPS) is 11.7. The minimum Gasteiger partial charge on any atom is -0.454 e.